The Balaban J connectivity index is 0.764. The van der Waals surface area contributed by atoms with Gasteiger partial charge in [0.1, 0.15) is 47.9 Å². The number of carbonyl (C=O) groups excluding carboxylic acids is 5. The number of alkyl carbamates (subject to hydrolysis) is 1. The van der Waals surface area contributed by atoms with Gasteiger partial charge in [0.25, 0.3) is 0 Å². The molecule has 0 bridgehead atoms. The zero-order valence-electron chi connectivity index (χ0n) is 42.7. The summed E-state index contributed by atoms with van der Waals surface area (Å²) >= 11 is 0. The summed E-state index contributed by atoms with van der Waals surface area (Å²) in [5.74, 6) is -3.85. The van der Waals surface area contributed by atoms with E-state index < -0.39 is 108 Å². The second-order valence-electron chi connectivity index (χ2n) is 20.3. The Morgan fingerprint density at radius 2 is 1.40 bits per heavy atom. The van der Waals surface area contributed by atoms with E-state index in [1.807, 2.05) is 60.7 Å². The predicted molar refractivity (Wildman–Crippen MR) is 280 cm³/mol. The van der Waals surface area contributed by atoms with Crippen LogP contribution in [0.5, 0.6) is 23.0 Å². The minimum absolute atomic E-state index is 0.0399. The van der Waals surface area contributed by atoms with Gasteiger partial charge < -0.3 is 65.6 Å². The summed E-state index contributed by atoms with van der Waals surface area (Å²) in [7, 11) is 1.30. The highest BCUT2D eigenvalue weighted by atomic mass is 16.7. The average molecular weight is 1070 g/mol. The summed E-state index contributed by atoms with van der Waals surface area (Å²) in [5, 5.41) is 71.4. The Morgan fingerprint density at radius 3 is 2.04 bits per heavy atom. The molecule has 5 aliphatic rings. The van der Waals surface area contributed by atoms with Crippen molar-refractivity contribution in [3.05, 3.63) is 153 Å². The number of nitrogens with zero attached hydrogens (tertiary/aromatic N) is 2. The highest BCUT2D eigenvalue weighted by Crippen LogP contribution is 2.53. The van der Waals surface area contributed by atoms with E-state index in [9.17, 15) is 49.5 Å². The summed E-state index contributed by atoms with van der Waals surface area (Å²) < 4.78 is 28.8. The van der Waals surface area contributed by atoms with E-state index >= 15 is 0 Å². The molecule has 0 spiro atoms. The molecule has 0 aromatic heterocycles. The van der Waals surface area contributed by atoms with Crippen molar-refractivity contribution < 1.29 is 73.2 Å². The first-order valence-corrected chi connectivity index (χ1v) is 25.8. The molecule has 2 amide bonds. The first kappa shape index (κ1) is 53.5. The molecule has 2 heterocycles. The maximum absolute atomic E-state index is 14.1. The van der Waals surface area contributed by atoms with E-state index in [-0.39, 0.29) is 70.7 Å². The minimum Gasteiger partial charge on any atom is -0.507 e. The second kappa shape index (κ2) is 22.2. The summed E-state index contributed by atoms with van der Waals surface area (Å²) in [6.07, 6.45) is -5.61. The molecule has 9 unspecified atom stereocenters. The number of methoxy groups -OCH3 is 1. The number of phenols is 2. The number of nitrogens with one attached hydrogen (secondary N) is 2. The molecule has 1 saturated carbocycles. The Morgan fingerprint density at radius 1 is 0.769 bits per heavy atom. The number of carbonyl (C=O) groups is 5. The summed E-state index contributed by atoms with van der Waals surface area (Å²) in [5.41, 5.74) is 6.92. The Bertz CT molecular complexity index is 3210. The number of phenolic OH excluding ortho intramolecular Hbond substituents is 2. The molecular weight excluding hydrogens is 1010 g/mol. The van der Waals surface area contributed by atoms with Crippen LogP contribution in [0.15, 0.2) is 113 Å². The number of aliphatic hydroxyl groups excluding tert-OH is 2. The van der Waals surface area contributed by atoms with Crippen LogP contribution in [-0.2, 0) is 32.0 Å². The molecule has 5 aromatic carbocycles. The molecule has 5 aromatic rings. The fraction of sp³-hybridized carbons (Fsp3) is 0.362. The minimum atomic E-state index is -2.39. The highest BCUT2D eigenvalue weighted by Gasteiger charge is 2.51. The molecule has 0 radical (unpaired) electrons. The smallest absolute Gasteiger partial charge is 0.412 e. The normalized spacial score (nSPS) is 26.5. The number of amides is 2. The number of Topliss-reactive ketones (excluding diaryl/α,β-unsaturated/α-hetero) is 1. The number of aliphatic hydroxyl groups is 3. The number of ether oxygens (including phenoxy) is 5. The maximum Gasteiger partial charge on any atom is 0.412 e. The van der Waals surface area contributed by atoms with Crippen molar-refractivity contribution in [3.8, 4) is 23.0 Å². The van der Waals surface area contributed by atoms with Crippen molar-refractivity contribution in [2.24, 2.45) is 27.8 Å². The largest absolute Gasteiger partial charge is 0.507 e. The van der Waals surface area contributed by atoms with Gasteiger partial charge in [0.15, 0.2) is 17.9 Å². The van der Waals surface area contributed by atoms with Crippen molar-refractivity contribution in [1.82, 2.24) is 10.6 Å². The lowest BCUT2D eigenvalue weighted by Gasteiger charge is -2.42. The first-order chi connectivity index (χ1) is 37.6. The average Bonchev–Trinajstić information content (AvgIpc) is 3.58. The Labute approximate surface area is 447 Å². The fourth-order valence-corrected chi connectivity index (χ4v) is 11.5. The van der Waals surface area contributed by atoms with Crippen LogP contribution in [0, 0.1) is 11.8 Å². The van der Waals surface area contributed by atoms with Crippen LogP contribution in [0.4, 0.5) is 9.59 Å². The summed E-state index contributed by atoms with van der Waals surface area (Å²) in [6.45, 7) is 0.176. The third-order valence-corrected chi connectivity index (χ3v) is 15.6. The lowest BCUT2D eigenvalue weighted by atomic mass is 9.71. The molecule has 20 heteroatoms. The molecule has 10 atom stereocenters. The number of hydrogen-bond acceptors (Lipinski definition) is 18. The van der Waals surface area contributed by atoms with Crippen LogP contribution >= 0.6 is 0 Å². The van der Waals surface area contributed by atoms with Gasteiger partial charge in [0, 0.05) is 59.9 Å². The van der Waals surface area contributed by atoms with E-state index in [0.29, 0.717) is 24.8 Å². The molecule has 20 nitrogen and oxygen atoms in total. The zero-order chi connectivity index (χ0) is 55.0. The summed E-state index contributed by atoms with van der Waals surface area (Å²) in [4.78, 5) is 67.7. The lowest BCUT2D eigenvalue weighted by Crippen LogP contribution is -2.56. The maximum atomic E-state index is 14.1. The topological polar surface area (TPSA) is 307 Å². The lowest BCUT2D eigenvalue weighted by molar-refractivity contribution is -0.249. The Kier molecular flexibility index (Phi) is 15.3. The molecule has 3 aliphatic carbocycles. The van der Waals surface area contributed by atoms with Crippen molar-refractivity contribution in [1.29, 1.82) is 0 Å². The Hall–Kier alpha value is -7.85. The number of aromatic hydroxyl groups is 2. The van der Waals surface area contributed by atoms with E-state index in [0.717, 1.165) is 29.0 Å². The molecule has 406 valence electrons. The van der Waals surface area contributed by atoms with Gasteiger partial charge in [0.2, 0.25) is 5.78 Å². The van der Waals surface area contributed by atoms with Crippen LogP contribution in [0.2, 0.25) is 0 Å². The van der Waals surface area contributed by atoms with Crippen LogP contribution < -0.4 is 25.8 Å². The van der Waals surface area contributed by atoms with Crippen molar-refractivity contribution in [2.75, 3.05) is 13.7 Å². The van der Waals surface area contributed by atoms with Crippen LogP contribution in [-0.4, -0.2) is 122 Å². The SMILES string of the molecule is COc1cccc2c1C(=O)c1c(O)c3c(c(O)c1C2=O)C[C@@](O)(C(=O)CO)CC3OC1CC(NC(=O)OCc2ccc(OC(=O)NC3CCC4C(c5ccccc5)=NN=C(c5ccccc5)C4CCC3N)cc2)C(O)C(C)O1. The van der Waals surface area contributed by atoms with Gasteiger partial charge >= 0.3 is 12.2 Å². The number of rotatable bonds is 12. The molecule has 2 fully saturated rings. The summed E-state index contributed by atoms with van der Waals surface area (Å²) in [6, 6.07) is 28.8. The van der Waals surface area contributed by atoms with Gasteiger partial charge in [-0.2, -0.15) is 10.2 Å². The molecule has 10 rings (SSSR count). The van der Waals surface area contributed by atoms with Crippen molar-refractivity contribution in [2.45, 2.75) is 107 Å². The van der Waals surface area contributed by atoms with E-state index in [1.165, 1.54) is 32.2 Å². The molecule has 9 N–H and O–H groups in total. The van der Waals surface area contributed by atoms with Crippen LogP contribution in [0.1, 0.15) is 111 Å². The van der Waals surface area contributed by atoms with Crippen LogP contribution in [0.3, 0.4) is 0 Å². The molecular formula is C58H59N5O15. The number of hydrogen-bond donors (Lipinski definition) is 8. The monoisotopic (exact) mass is 1070 g/mol. The molecule has 78 heavy (non-hydrogen) atoms. The number of nitrogens with two attached hydrogens (primary N) is 1. The van der Waals surface area contributed by atoms with Gasteiger partial charge in [-0.05, 0) is 67.5 Å². The van der Waals surface area contributed by atoms with Crippen molar-refractivity contribution >= 4 is 41.0 Å². The van der Waals surface area contributed by atoms with E-state index in [2.05, 4.69) is 10.6 Å². The number of fused-ring (bicyclic) bond motifs is 4. The third kappa shape index (κ3) is 10.4. The standard InChI is InChI=1S/C58H59N5O15/c1-29-51(66)40(24-44(76-29)78-42-26-58(73,43(65)27-64)25-37-46(42)55(70)48-47(53(37)68)52(67)36-14-9-15-41(74-2)45(36)54(48)69)61-56(71)75-28-30-16-18-33(19-17-30)77-57(72)60-39-23-21-35-34(20-22-38(39)59)49(31-10-5-3-6-11-31)62-63-50(35)32-12-7-4-8-13-32/h3-19,29,34-35,38-40,42,44,51,64,66,68,70,73H,20-28,59H2,1-2H3,(H,60,72)(H,61,71)/t29?,34?,35?,38?,39?,40?,42?,44?,51?,58-/m0/s1. The van der Waals surface area contributed by atoms with Crippen molar-refractivity contribution in [3.63, 3.8) is 0 Å². The van der Waals surface area contributed by atoms with E-state index in [1.54, 1.807) is 24.3 Å². The first-order valence-electron chi connectivity index (χ1n) is 25.8. The van der Waals surface area contributed by atoms with Gasteiger partial charge in [-0.1, -0.05) is 84.9 Å². The van der Waals surface area contributed by atoms with Gasteiger partial charge in [-0.25, -0.2) is 9.59 Å². The fourth-order valence-electron chi connectivity index (χ4n) is 11.5. The molecule has 1 saturated heterocycles. The third-order valence-electron chi connectivity index (χ3n) is 15.6. The molecule has 2 aliphatic heterocycles. The van der Waals surface area contributed by atoms with Crippen LogP contribution in [0.25, 0.3) is 0 Å². The van der Waals surface area contributed by atoms with Gasteiger partial charge in [-0.3, -0.25) is 14.4 Å². The van der Waals surface area contributed by atoms with E-state index in [4.69, 9.17) is 39.6 Å². The van der Waals surface area contributed by atoms with Gasteiger partial charge in [0.05, 0.1) is 53.5 Å². The second-order valence-corrected chi connectivity index (χ2v) is 20.3. The number of ketones is 3. The zero-order valence-corrected chi connectivity index (χ0v) is 42.7. The van der Waals surface area contributed by atoms with Gasteiger partial charge in [-0.15, -0.1) is 0 Å². The predicted octanol–water partition coefficient (Wildman–Crippen LogP) is 5.47. The quantitative estimate of drug-likeness (QED) is 0.0705. The number of benzene rings is 5. The highest BCUT2D eigenvalue weighted by molar-refractivity contribution is 6.31.